The lowest BCUT2D eigenvalue weighted by Crippen LogP contribution is -1.97. The normalized spacial score (nSPS) is 9.85. The number of benzene rings is 2. The van der Waals surface area contributed by atoms with Gasteiger partial charge in [-0.25, -0.2) is 0 Å². The molecule has 3 heteroatoms. The second-order valence-electron chi connectivity index (χ2n) is 4.49. The summed E-state index contributed by atoms with van der Waals surface area (Å²) in [6.07, 6.45) is 0.949. The molecule has 2 aromatic rings. The van der Waals surface area contributed by atoms with E-state index in [1.807, 2.05) is 37.3 Å². The van der Waals surface area contributed by atoms with Crippen LogP contribution in [0.3, 0.4) is 0 Å². The van der Waals surface area contributed by atoms with Crippen LogP contribution in [0.15, 0.2) is 42.5 Å². The van der Waals surface area contributed by atoms with Crippen LogP contribution in [0.4, 0.5) is 0 Å². The minimum Gasteiger partial charge on any atom is -0.490 e. The Labute approximate surface area is 119 Å². The van der Waals surface area contributed by atoms with Crippen LogP contribution in [0.1, 0.15) is 24.5 Å². The van der Waals surface area contributed by atoms with Gasteiger partial charge in [-0.1, -0.05) is 19.1 Å². The van der Waals surface area contributed by atoms with Crippen LogP contribution >= 0.6 is 0 Å². The predicted molar refractivity (Wildman–Crippen MR) is 78.2 cm³/mol. The Morgan fingerprint density at radius 3 is 2.50 bits per heavy atom. The molecule has 0 spiro atoms. The predicted octanol–water partition coefficient (Wildman–Crippen LogP) is 4.45. The molecule has 0 N–H and O–H groups in total. The third-order valence-electron chi connectivity index (χ3n) is 2.86. The molecule has 0 saturated carbocycles. The number of ether oxygens (including phenoxy) is 2. The highest BCUT2D eigenvalue weighted by molar-refractivity contribution is 5.46. The fraction of sp³-hybridized carbons (Fsp3) is 0.235. The van der Waals surface area contributed by atoms with Crippen LogP contribution < -0.4 is 9.47 Å². The molecule has 0 aliphatic heterocycles. The number of aryl methyl sites for hydroxylation is 1. The van der Waals surface area contributed by atoms with Crippen LogP contribution in [0.5, 0.6) is 17.2 Å². The zero-order chi connectivity index (χ0) is 14.4. The molecule has 0 amide bonds. The smallest absolute Gasteiger partial charge is 0.169 e. The van der Waals surface area contributed by atoms with Crippen LogP contribution in [0.25, 0.3) is 0 Å². The maximum absolute atomic E-state index is 8.93. The zero-order valence-electron chi connectivity index (χ0n) is 11.7. The SMILES string of the molecule is CCCOc1ccccc1Oc1ccc(C#N)c(C)c1. The topological polar surface area (TPSA) is 42.2 Å². The van der Waals surface area contributed by atoms with E-state index in [1.54, 1.807) is 12.1 Å². The van der Waals surface area contributed by atoms with E-state index in [0.717, 1.165) is 17.7 Å². The molecule has 0 aliphatic carbocycles. The van der Waals surface area contributed by atoms with Gasteiger partial charge in [-0.3, -0.25) is 0 Å². The average molecular weight is 267 g/mol. The minimum atomic E-state index is 0.659. The van der Waals surface area contributed by atoms with E-state index in [9.17, 15) is 0 Å². The highest BCUT2D eigenvalue weighted by atomic mass is 16.5. The molecule has 0 aromatic heterocycles. The van der Waals surface area contributed by atoms with E-state index in [-0.39, 0.29) is 0 Å². The van der Waals surface area contributed by atoms with Crippen molar-refractivity contribution in [1.29, 1.82) is 5.26 Å². The molecule has 0 atom stereocenters. The first-order valence-electron chi connectivity index (χ1n) is 6.65. The van der Waals surface area contributed by atoms with Crippen molar-refractivity contribution in [2.24, 2.45) is 0 Å². The van der Waals surface area contributed by atoms with Crippen molar-refractivity contribution in [3.63, 3.8) is 0 Å². The lowest BCUT2D eigenvalue weighted by molar-refractivity contribution is 0.302. The summed E-state index contributed by atoms with van der Waals surface area (Å²) in [7, 11) is 0. The molecular weight excluding hydrogens is 250 g/mol. The molecule has 0 radical (unpaired) electrons. The third-order valence-corrected chi connectivity index (χ3v) is 2.86. The zero-order valence-corrected chi connectivity index (χ0v) is 11.7. The average Bonchev–Trinajstić information content (AvgIpc) is 2.46. The maximum Gasteiger partial charge on any atom is 0.169 e. The van der Waals surface area contributed by atoms with E-state index in [0.29, 0.717) is 23.7 Å². The summed E-state index contributed by atoms with van der Waals surface area (Å²) in [5.41, 5.74) is 1.56. The van der Waals surface area contributed by atoms with Gasteiger partial charge in [0.15, 0.2) is 11.5 Å². The standard InChI is InChI=1S/C17H17NO2/c1-3-10-19-16-6-4-5-7-17(16)20-15-9-8-14(12-18)13(2)11-15/h4-9,11H,3,10H2,1-2H3. The summed E-state index contributed by atoms with van der Waals surface area (Å²) in [4.78, 5) is 0. The van der Waals surface area contributed by atoms with Crippen molar-refractivity contribution in [1.82, 2.24) is 0 Å². The molecule has 2 aromatic carbocycles. The fourth-order valence-corrected chi connectivity index (χ4v) is 1.82. The van der Waals surface area contributed by atoms with Crippen molar-refractivity contribution in [3.05, 3.63) is 53.6 Å². The lowest BCUT2D eigenvalue weighted by Gasteiger charge is -2.12. The molecule has 0 bridgehead atoms. The van der Waals surface area contributed by atoms with Gasteiger partial charge in [0.2, 0.25) is 0 Å². The number of hydrogen-bond acceptors (Lipinski definition) is 3. The largest absolute Gasteiger partial charge is 0.490 e. The minimum absolute atomic E-state index is 0.659. The van der Waals surface area contributed by atoms with E-state index in [1.165, 1.54) is 0 Å². The Balaban J connectivity index is 2.22. The van der Waals surface area contributed by atoms with E-state index in [2.05, 4.69) is 13.0 Å². The number of para-hydroxylation sites is 2. The molecule has 0 saturated heterocycles. The second kappa shape index (κ2) is 6.63. The van der Waals surface area contributed by atoms with Crippen molar-refractivity contribution in [3.8, 4) is 23.3 Å². The summed E-state index contributed by atoms with van der Waals surface area (Å²) in [6.45, 7) is 4.62. The van der Waals surface area contributed by atoms with Crippen molar-refractivity contribution in [2.75, 3.05) is 6.61 Å². The first-order valence-corrected chi connectivity index (χ1v) is 6.65. The van der Waals surface area contributed by atoms with Gasteiger partial charge in [0.1, 0.15) is 5.75 Å². The Bertz CT molecular complexity index is 629. The second-order valence-corrected chi connectivity index (χ2v) is 4.49. The Morgan fingerprint density at radius 2 is 1.85 bits per heavy atom. The molecule has 20 heavy (non-hydrogen) atoms. The number of nitrogens with zero attached hydrogens (tertiary/aromatic N) is 1. The molecule has 0 heterocycles. The van der Waals surface area contributed by atoms with E-state index < -0.39 is 0 Å². The molecular formula is C17H17NO2. The molecule has 102 valence electrons. The van der Waals surface area contributed by atoms with Gasteiger partial charge in [-0.05, 0) is 49.2 Å². The molecule has 0 fully saturated rings. The fourth-order valence-electron chi connectivity index (χ4n) is 1.82. The summed E-state index contributed by atoms with van der Waals surface area (Å²) in [5.74, 6) is 2.12. The first kappa shape index (κ1) is 14.0. The van der Waals surface area contributed by atoms with Gasteiger partial charge < -0.3 is 9.47 Å². The van der Waals surface area contributed by atoms with Crippen molar-refractivity contribution < 1.29 is 9.47 Å². The first-order chi connectivity index (χ1) is 9.74. The highest BCUT2D eigenvalue weighted by Gasteiger charge is 2.06. The van der Waals surface area contributed by atoms with Crippen LogP contribution in [0, 0.1) is 18.3 Å². The monoisotopic (exact) mass is 267 g/mol. The van der Waals surface area contributed by atoms with E-state index in [4.69, 9.17) is 14.7 Å². The highest BCUT2D eigenvalue weighted by Crippen LogP contribution is 2.32. The Morgan fingerprint density at radius 1 is 1.10 bits per heavy atom. The Hall–Kier alpha value is -2.47. The van der Waals surface area contributed by atoms with Gasteiger partial charge in [0.25, 0.3) is 0 Å². The molecule has 3 nitrogen and oxygen atoms in total. The summed E-state index contributed by atoms with van der Waals surface area (Å²) in [5, 5.41) is 8.93. The Kier molecular flexibility index (Phi) is 4.62. The number of nitriles is 1. The van der Waals surface area contributed by atoms with Gasteiger partial charge >= 0.3 is 0 Å². The van der Waals surface area contributed by atoms with Crippen LogP contribution in [-0.4, -0.2) is 6.61 Å². The van der Waals surface area contributed by atoms with Crippen molar-refractivity contribution >= 4 is 0 Å². The maximum atomic E-state index is 8.93. The van der Waals surface area contributed by atoms with Gasteiger partial charge in [-0.2, -0.15) is 5.26 Å². The van der Waals surface area contributed by atoms with Crippen LogP contribution in [0.2, 0.25) is 0 Å². The quantitative estimate of drug-likeness (QED) is 0.803. The molecule has 0 aliphatic rings. The lowest BCUT2D eigenvalue weighted by atomic mass is 10.1. The van der Waals surface area contributed by atoms with Gasteiger partial charge in [0, 0.05) is 0 Å². The number of hydrogen-bond donors (Lipinski definition) is 0. The van der Waals surface area contributed by atoms with Crippen molar-refractivity contribution in [2.45, 2.75) is 20.3 Å². The van der Waals surface area contributed by atoms with E-state index >= 15 is 0 Å². The van der Waals surface area contributed by atoms with Crippen LogP contribution in [-0.2, 0) is 0 Å². The summed E-state index contributed by atoms with van der Waals surface area (Å²) in [6, 6.07) is 15.1. The number of rotatable bonds is 5. The molecule has 2 rings (SSSR count). The summed E-state index contributed by atoms with van der Waals surface area (Å²) < 4.78 is 11.5. The summed E-state index contributed by atoms with van der Waals surface area (Å²) >= 11 is 0. The third kappa shape index (κ3) is 3.30. The van der Waals surface area contributed by atoms with Gasteiger partial charge in [-0.15, -0.1) is 0 Å². The molecule has 0 unspecified atom stereocenters. The van der Waals surface area contributed by atoms with Gasteiger partial charge in [0.05, 0.1) is 18.2 Å².